The summed E-state index contributed by atoms with van der Waals surface area (Å²) < 4.78 is 31.8. The summed E-state index contributed by atoms with van der Waals surface area (Å²) >= 11 is 0. The molecule has 1 aromatic carbocycles. The smallest absolute Gasteiger partial charge is 0.129 e. The molecule has 18 heavy (non-hydrogen) atoms. The Balaban J connectivity index is 2.62. The fourth-order valence-electron chi connectivity index (χ4n) is 1.47. The Kier molecular flexibility index (Phi) is 5.19. The lowest BCUT2D eigenvalue weighted by atomic mass is 10.1. The predicted octanol–water partition coefficient (Wildman–Crippen LogP) is 2.15. The summed E-state index contributed by atoms with van der Waals surface area (Å²) in [7, 11) is 0. The number of halogens is 2. The van der Waals surface area contributed by atoms with Crippen molar-refractivity contribution in [2.24, 2.45) is 5.84 Å². The summed E-state index contributed by atoms with van der Waals surface area (Å²) in [5.41, 5.74) is 2.71. The zero-order chi connectivity index (χ0) is 13.8. The Bertz CT molecular complexity index is 391. The van der Waals surface area contributed by atoms with Gasteiger partial charge < -0.3 is 4.74 Å². The Morgan fingerprint density at radius 3 is 2.50 bits per heavy atom. The number of rotatable bonds is 5. The first-order valence-electron chi connectivity index (χ1n) is 5.86. The van der Waals surface area contributed by atoms with E-state index in [2.05, 4.69) is 5.43 Å². The maximum absolute atomic E-state index is 13.5. The van der Waals surface area contributed by atoms with E-state index in [0.29, 0.717) is 18.6 Å². The van der Waals surface area contributed by atoms with Crippen LogP contribution >= 0.6 is 0 Å². The van der Waals surface area contributed by atoms with E-state index in [0.717, 1.165) is 6.07 Å². The van der Waals surface area contributed by atoms with Crippen LogP contribution in [0.1, 0.15) is 26.3 Å². The quantitative estimate of drug-likeness (QED) is 0.628. The molecule has 0 spiro atoms. The van der Waals surface area contributed by atoms with Crippen LogP contribution in [0.4, 0.5) is 8.78 Å². The molecule has 0 heterocycles. The van der Waals surface area contributed by atoms with E-state index in [1.54, 1.807) is 0 Å². The molecule has 3 nitrogen and oxygen atoms in total. The SMILES string of the molecule is CC(C)(C)OCC(Cc1ccc(F)cc1F)NN. The van der Waals surface area contributed by atoms with E-state index in [-0.39, 0.29) is 11.6 Å². The summed E-state index contributed by atoms with van der Waals surface area (Å²) in [5.74, 6) is 4.26. The molecule has 0 aliphatic rings. The average Bonchev–Trinajstić information content (AvgIpc) is 2.25. The van der Waals surface area contributed by atoms with Gasteiger partial charge in [0.15, 0.2) is 0 Å². The van der Waals surface area contributed by atoms with Gasteiger partial charge in [-0.2, -0.15) is 0 Å². The van der Waals surface area contributed by atoms with Crippen LogP contribution in [0.5, 0.6) is 0 Å². The largest absolute Gasteiger partial charge is 0.374 e. The highest BCUT2D eigenvalue weighted by molar-refractivity contribution is 5.19. The number of benzene rings is 1. The topological polar surface area (TPSA) is 47.3 Å². The Labute approximate surface area is 106 Å². The molecule has 1 atom stereocenters. The van der Waals surface area contributed by atoms with Crippen LogP contribution in [-0.2, 0) is 11.2 Å². The minimum atomic E-state index is -0.584. The molecule has 0 bridgehead atoms. The van der Waals surface area contributed by atoms with Crippen LogP contribution in [0.3, 0.4) is 0 Å². The van der Waals surface area contributed by atoms with Crippen molar-refractivity contribution < 1.29 is 13.5 Å². The first-order valence-corrected chi connectivity index (χ1v) is 5.86. The van der Waals surface area contributed by atoms with Gasteiger partial charge in [0, 0.05) is 12.1 Å². The Morgan fingerprint density at radius 2 is 2.00 bits per heavy atom. The standard InChI is InChI=1S/C13H20F2N2O/c1-13(2,3)18-8-11(17-16)6-9-4-5-10(14)7-12(9)15/h4-5,7,11,17H,6,8,16H2,1-3H3. The first-order chi connectivity index (χ1) is 8.31. The molecule has 5 heteroatoms. The minimum Gasteiger partial charge on any atom is -0.374 e. The molecule has 0 aliphatic carbocycles. The van der Waals surface area contributed by atoms with E-state index in [1.807, 2.05) is 20.8 Å². The highest BCUT2D eigenvalue weighted by Gasteiger charge is 2.16. The zero-order valence-electron chi connectivity index (χ0n) is 11.0. The monoisotopic (exact) mass is 258 g/mol. The number of nitrogens with one attached hydrogen (secondary N) is 1. The van der Waals surface area contributed by atoms with Gasteiger partial charge >= 0.3 is 0 Å². The van der Waals surface area contributed by atoms with Crippen molar-refractivity contribution in [3.63, 3.8) is 0 Å². The maximum atomic E-state index is 13.5. The predicted molar refractivity (Wildman–Crippen MR) is 66.9 cm³/mol. The highest BCUT2D eigenvalue weighted by atomic mass is 19.1. The van der Waals surface area contributed by atoms with E-state index in [1.165, 1.54) is 12.1 Å². The molecular formula is C13H20F2N2O. The van der Waals surface area contributed by atoms with Crippen LogP contribution < -0.4 is 11.3 Å². The Morgan fingerprint density at radius 1 is 1.33 bits per heavy atom. The summed E-state index contributed by atoms with van der Waals surface area (Å²) in [6.07, 6.45) is 0.346. The van der Waals surface area contributed by atoms with Crippen LogP contribution in [0.25, 0.3) is 0 Å². The number of hydrazine groups is 1. The normalized spacial score (nSPS) is 13.7. The van der Waals surface area contributed by atoms with Crippen molar-refractivity contribution in [1.29, 1.82) is 0 Å². The van der Waals surface area contributed by atoms with Crippen LogP contribution in [0.2, 0.25) is 0 Å². The number of hydrogen-bond acceptors (Lipinski definition) is 3. The first kappa shape index (κ1) is 15.0. The highest BCUT2D eigenvalue weighted by Crippen LogP contribution is 2.13. The number of ether oxygens (including phenoxy) is 1. The summed E-state index contributed by atoms with van der Waals surface area (Å²) in [5, 5.41) is 0. The lowest BCUT2D eigenvalue weighted by Gasteiger charge is -2.24. The Hall–Kier alpha value is -1.04. The molecule has 3 N–H and O–H groups in total. The second-order valence-electron chi connectivity index (χ2n) is 5.23. The number of hydrogen-bond donors (Lipinski definition) is 2. The fourth-order valence-corrected chi connectivity index (χ4v) is 1.47. The van der Waals surface area contributed by atoms with Gasteiger partial charge in [0.1, 0.15) is 11.6 Å². The van der Waals surface area contributed by atoms with Gasteiger partial charge in [0.05, 0.1) is 12.2 Å². The molecule has 0 radical (unpaired) electrons. The molecular weight excluding hydrogens is 238 g/mol. The van der Waals surface area contributed by atoms with Gasteiger partial charge in [0.25, 0.3) is 0 Å². The third-order valence-electron chi connectivity index (χ3n) is 2.43. The van der Waals surface area contributed by atoms with Crippen molar-refractivity contribution in [3.05, 3.63) is 35.4 Å². The molecule has 0 aromatic heterocycles. The van der Waals surface area contributed by atoms with Crippen LogP contribution in [0.15, 0.2) is 18.2 Å². The van der Waals surface area contributed by atoms with E-state index < -0.39 is 11.6 Å². The fraction of sp³-hybridized carbons (Fsp3) is 0.538. The molecule has 0 saturated heterocycles. The lowest BCUT2D eigenvalue weighted by molar-refractivity contribution is -0.0144. The van der Waals surface area contributed by atoms with Crippen molar-refractivity contribution >= 4 is 0 Å². The molecule has 0 fully saturated rings. The van der Waals surface area contributed by atoms with Crippen molar-refractivity contribution in [2.75, 3.05) is 6.61 Å². The van der Waals surface area contributed by atoms with Gasteiger partial charge in [-0.3, -0.25) is 11.3 Å². The molecule has 1 aromatic rings. The second-order valence-corrected chi connectivity index (χ2v) is 5.23. The average molecular weight is 258 g/mol. The van der Waals surface area contributed by atoms with E-state index >= 15 is 0 Å². The van der Waals surface area contributed by atoms with Crippen LogP contribution in [-0.4, -0.2) is 18.2 Å². The number of nitrogens with two attached hydrogens (primary N) is 1. The van der Waals surface area contributed by atoms with Crippen molar-refractivity contribution in [3.8, 4) is 0 Å². The molecule has 1 unspecified atom stereocenters. The maximum Gasteiger partial charge on any atom is 0.129 e. The molecule has 0 amide bonds. The molecule has 0 aliphatic heterocycles. The van der Waals surface area contributed by atoms with Crippen LogP contribution in [0, 0.1) is 11.6 Å². The van der Waals surface area contributed by atoms with Gasteiger partial charge in [-0.05, 0) is 38.8 Å². The van der Waals surface area contributed by atoms with E-state index in [4.69, 9.17) is 10.6 Å². The van der Waals surface area contributed by atoms with Gasteiger partial charge in [-0.15, -0.1) is 0 Å². The van der Waals surface area contributed by atoms with Gasteiger partial charge in [0.2, 0.25) is 0 Å². The summed E-state index contributed by atoms with van der Waals surface area (Å²) in [6, 6.07) is 3.31. The van der Waals surface area contributed by atoms with E-state index in [9.17, 15) is 8.78 Å². The summed E-state index contributed by atoms with van der Waals surface area (Å²) in [6.45, 7) is 6.15. The van der Waals surface area contributed by atoms with Crippen molar-refractivity contribution in [2.45, 2.75) is 38.8 Å². The third kappa shape index (κ3) is 5.08. The molecule has 1 rings (SSSR count). The molecule has 102 valence electrons. The minimum absolute atomic E-state index is 0.218. The molecule has 0 saturated carbocycles. The van der Waals surface area contributed by atoms with Gasteiger partial charge in [-0.1, -0.05) is 6.07 Å². The zero-order valence-corrected chi connectivity index (χ0v) is 11.0. The lowest BCUT2D eigenvalue weighted by Crippen LogP contribution is -2.42. The van der Waals surface area contributed by atoms with Gasteiger partial charge in [-0.25, -0.2) is 8.78 Å². The van der Waals surface area contributed by atoms with Crippen molar-refractivity contribution in [1.82, 2.24) is 5.43 Å². The second kappa shape index (κ2) is 6.22. The third-order valence-corrected chi connectivity index (χ3v) is 2.43. The summed E-state index contributed by atoms with van der Waals surface area (Å²) in [4.78, 5) is 0.